The first-order valence-electron chi connectivity index (χ1n) is 5.31. The van der Waals surface area contributed by atoms with E-state index in [0.717, 1.165) is 31.5 Å². The van der Waals surface area contributed by atoms with Crippen LogP contribution in [0.15, 0.2) is 18.2 Å². The summed E-state index contributed by atoms with van der Waals surface area (Å²) in [7, 11) is 0. The Morgan fingerprint density at radius 1 is 1.11 bits per heavy atom. The minimum absolute atomic E-state index is 0.200. The van der Waals surface area contributed by atoms with Crippen molar-refractivity contribution >= 4 is 5.69 Å². The molecule has 1 aromatic rings. The number of hydrogen-bond donors (Lipinski definition) is 2. The molecule has 0 saturated heterocycles. The van der Waals surface area contributed by atoms with Gasteiger partial charge in [0.25, 0.3) is 10.8 Å². The van der Waals surface area contributed by atoms with E-state index in [0.29, 0.717) is 0 Å². The van der Waals surface area contributed by atoms with E-state index in [1.807, 2.05) is 6.07 Å². The molecule has 0 amide bonds. The van der Waals surface area contributed by atoms with Gasteiger partial charge in [-0.1, -0.05) is 6.07 Å². The third-order valence-electron chi connectivity index (χ3n) is 2.54. The lowest BCUT2D eigenvalue weighted by Gasteiger charge is -2.03. The van der Waals surface area contributed by atoms with Crippen LogP contribution in [0.3, 0.4) is 0 Å². The van der Waals surface area contributed by atoms with Crippen molar-refractivity contribution in [3.05, 3.63) is 49.6 Å². The standard InChI is InChI=1S/C10H12N2O2.HNO3/c13-12(14)10-2-1-8-3-5-11-6-4-9(8)7-10;2-1(3)4/h1-2,7,11H,3-6H2;(H,2,3,4). The molecule has 2 N–H and O–H groups in total. The molecule has 98 valence electrons. The summed E-state index contributed by atoms with van der Waals surface area (Å²) in [5, 5.41) is 27.5. The zero-order chi connectivity index (χ0) is 13.5. The van der Waals surface area contributed by atoms with Crippen molar-refractivity contribution in [2.45, 2.75) is 12.8 Å². The zero-order valence-electron chi connectivity index (χ0n) is 9.54. The van der Waals surface area contributed by atoms with E-state index in [1.54, 1.807) is 12.1 Å². The third kappa shape index (κ3) is 4.34. The van der Waals surface area contributed by atoms with E-state index in [-0.39, 0.29) is 10.6 Å². The first-order valence-corrected chi connectivity index (χ1v) is 5.31. The Morgan fingerprint density at radius 2 is 1.67 bits per heavy atom. The van der Waals surface area contributed by atoms with Crippen molar-refractivity contribution in [1.82, 2.24) is 5.32 Å². The van der Waals surface area contributed by atoms with Crippen molar-refractivity contribution < 1.29 is 15.2 Å². The van der Waals surface area contributed by atoms with Crippen LogP contribution in [0.1, 0.15) is 11.1 Å². The second kappa shape index (κ2) is 6.50. The van der Waals surface area contributed by atoms with Gasteiger partial charge in [0.05, 0.1) is 4.92 Å². The molecule has 0 spiro atoms. The van der Waals surface area contributed by atoms with Crippen molar-refractivity contribution in [1.29, 1.82) is 0 Å². The molecule has 0 radical (unpaired) electrons. The van der Waals surface area contributed by atoms with E-state index < -0.39 is 5.09 Å². The van der Waals surface area contributed by atoms with Crippen LogP contribution < -0.4 is 5.32 Å². The molecule has 1 aromatic carbocycles. The summed E-state index contributed by atoms with van der Waals surface area (Å²) in [4.78, 5) is 18.6. The molecule has 0 atom stereocenters. The minimum atomic E-state index is -1.50. The monoisotopic (exact) mass is 255 g/mol. The van der Waals surface area contributed by atoms with Crippen LogP contribution in [0, 0.1) is 20.2 Å². The van der Waals surface area contributed by atoms with Crippen LogP contribution in [0.2, 0.25) is 0 Å². The van der Waals surface area contributed by atoms with Crippen molar-refractivity contribution in [3.8, 4) is 0 Å². The molecule has 0 aliphatic carbocycles. The van der Waals surface area contributed by atoms with Crippen molar-refractivity contribution in [2.75, 3.05) is 13.1 Å². The number of nitro benzene ring substituents is 1. The predicted octanol–water partition coefficient (Wildman–Crippen LogP) is 0.935. The fourth-order valence-corrected chi connectivity index (χ4v) is 1.77. The number of fused-ring (bicyclic) bond motifs is 1. The maximum absolute atomic E-state index is 10.6. The van der Waals surface area contributed by atoms with E-state index in [2.05, 4.69) is 5.32 Å². The summed E-state index contributed by atoms with van der Waals surface area (Å²) in [6, 6.07) is 5.16. The van der Waals surface area contributed by atoms with Gasteiger partial charge >= 0.3 is 0 Å². The lowest BCUT2D eigenvalue weighted by Crippen LogP contribution is -2.16. The van der Waals surface area contributed by atoms with Gasteiger partial charge in [-0.15, -0.1) is 10.1 Å². The van der Waals surface area contributed by atoms with Crippen molar-refractivity contribution in [2.24, 2.45) is 0 Å². The molecule has 0 aromatic heterocycles. The Kier molecular flexibility index (Phi) is 5.00. The van der Waals surface area contributed by atoms with Crippen molar-refractivity contribution in [3.63, 3.8) is 0 Å². The van der Waals surface area contributed by atoms with Gasteiger partial charge in [0.15, 0.2) is 0 Å². The molecule has 18 heavy (non-hydrogen) atoms. The Hall–Kier alpha value is -2.22. The number of nitro groups is 1. The highest BCUT2D eigenvalue weighted by molar-refractivity contribution is 5.40. The summed E-state index contributed by atoms with van der Waals surface area (Å²) in [5.74, 6) is 0. The molecule has 8 heteroatoms. The third-order valence-corrected chi connectivity index (χ3v) is 2.54. The summed E-state index contributed by atoms with van der Waals surface area (Å²) in [6.07, 6.45) is 1.85. The maximum Gasteiger partial charge on any atom is 0.291 e. The number of benzene rings is 1. The van der Waals surface area contributed by atoms with E-state index in [1.165, 1.54) is 5.56 Å². The Bertz CT molecular complexity index is 445. The normalized spacial score (nSPS) is 13.6. The minimum Gasteiger partial charge on any atom is -0.328 e. The van der Waals surface area contributed by atoms with Crippen LogP contribution in [0.5, 0.6) is 0 Å². The molecule has 0 unspecified atom stereocenters. The fourth-order valence-electron chi connectivity index (χ4n) is 1.77. The number of nitrogens with one attached hydrogen (secondary N) is 1. The molecule has 1 aliphatic heterocycles. The van der Waals surface area contributed by atoms with Crippen LogP contribution in [-0.2, 0) is 12.8 Å². The van der Waals surface area contributed by atoms with Gasteiger partial charge in [0, 0.05) is 12.1 Å². The zero-order valence-corrected chi connectivity index (χ0v) is 9.54. The van der Waals surface area contributed by atoms with Gasteiger partial charge in [-0.05, 0) is 37.1 Å². The van der Waals surface area contributed by atoms with E-state index in [4.69, 9.17) is 15.3 Å². The average Bonchev–Trinajstić information content (AvgIpc) is 2.51. The van der Waals surface area contributed by atoms with Gasteiger partial charge < -0.3 is 10.5 Å². The summed E-state index contributed by atoms with van der Waals surface area (Å²) in [6.45, 7) is 1.87. The van der Waals surface area contributed by atoms with Gasteiger partial charge in [-0.3, -0.25) is 10.1 Å². The second-order valence-electron chi connectivity index (χ2n) is 3.70. The molecular formula is C10H13N3O5. The molecule has 0 saturated carbocycles. The van der Waals surface area contributed by atoms with Gasteiger partial charge in [-0.25, -0.2) is 0 Å². The summed E-state index contributed by atoms with van der Waals surface area (Å²) < 4.78 is 0. The lowest BCUT2D eigenvalue weighted by molar-refractivity contribution is -0.742. The maximum atomic E-state index is 10.6. The first-order chi connectivity index (χ1) is 8.50. The molecular weight excluding hydrogens is 242 g/mol. The SMILES string of the molecule is O=[N+]([O-])O.O=[N+]([O-])c1ccc2c(c1)CCNCC2. The summed E-state index contributed by atoms with van der Waals surface area (Å²) in [5.41, 5.74) is 2.55. The summed E-state index contributed by atoms with van der Waals surface area (Å²) >= 11 is 0. The average molecular weight is 255 g/mol. The first kappa shape index (κ1) is 13.8. The number of rotatable bonds is 1. The molecule has 1 aliphatic rings. The van der Waals surface area contributed by atoms with E-state index >= 15 is 0 Å². The molecule has 2 rings (SSSR count). The number of hydrogen-bond acceptors (Lipinski definition) is 5. The largest absolute Gasteiger partial charge is 0.328 e. The van der Waals surface area contributed by atoms with Crippen LogP contribution >= 0.6 is 0 Å². The van der Waals surface area contributed by atoms with Crippen LogP contribution in [0.25, 0.3) is 0 Å². The van der Waals surface area contributed by atoms with Crippen LogP contribution in [0.4, 0.5) is 5.69 Å². The van der Waals surface area contributed by atoms with Crippen LogP contribution in [-0.4, -0.2) is 28.3 Å². The molecule has 1 heterocycles. The Morgan fingerprint density at radius 3 is 2.22 bits per heavy atom. The highest BCUT2D eigenvalue weighted by Crippen LogP contribution is 2.19. The Balaban J connectivity index is 0.000000357. The second-order valence-corrected chi connectivity index (χ2v) is 3.70. The Labute approximate surface area is 102 Å². The quantitative estimate of drug-likeness (QED) is 0.569. The number of nitrogens with zero attached hydrogens (tertiary/aromatic N) is 2. The molecule has 0 bridgehead atoms. The highest BCUT2D eigenvalue weighted by atomic mass is 16.9. The topological polar surface area (TPSA) is 119 Å². The van der Waals surface area contributed by atoms with E-state index in [9.17, 15) is 10.1 Å². The fraction of sp³-hybridized carbons (Fsp3) is 0.400. The van der Waals surface area contributed by atoms with Gasteiger partial charge in [0.1, 0.15) is 0 Å². The predicted molar refractivity (Wildman–Crippen MR) is 62.2 cm³/mol. The lowest BCUT2D eigenvalue weighted by atomic mass is 10.0. The smallest absolute Gasteiger partial charge is 0.291 e. The van der Waals surface area contributed by atoms with Gasteiger partial charge in [0.2, 0.25) is 0 Å². The molecule has 8 nitrogen and oxygen atoms in total. The number of non-ortho nitro benzene ring substituents is 1. The van der Waals surface area contributed by atoms with Gasteiger partial charge in [-0.2, -0.15) is 0 Å². The highest BCUT2D eigenvalue weighted by Gasteiger charge is 2.12. The molecule has 0 fully saturated rings.